The molecule has 0 unspecified atom stereocenters. The van der Waals surface area contributed by atoms with Gasteiger partial charge in [0.05, 0.1) is 0 Å². The van der Waals surface area contributed by atoms with Crippen molar-refractivity contribution in [1.29, 1.82) is 0 Å². The lowest BCUT2D eigenvalue weighted by atomic mass is 10.1. The topological polar surface area (TPSA) is 68.2 Å². The zero-order valence-corrected chi connectivity index (χ0v) is 13.4. The number of aliphatic imine (C=N–C) groups is 1. The van der Waals surface area contributed by atoms with Gasteiger partial charge in [-0.15, -0.1) is 0 Å². The van der Waals surface area contributed by atoms with Gasteiger partial charge in [0.1, 0.15) is 12.4 Å². The van der Waals surface area contributed by atoms with Crippen molar-refractivity contribution >= 4 is 5.96 Å². The lowest BCUT2D eigenvalue weighted by Gasteiger charge is -2.09. The summed E-state index contributed by atoms with van der Waals surface area (Å²) in [7, 11) is 0. The van der Waals surface area contributed by atoms with E-state index in [9.17, 15) is 0 Å². The Balaban J connectivity index is 1.88. The Morgan fingerprint density at radius 2 is 2.09 bits per heavy atom. The summed E-state index contributed by atoms with van der Waals surface area (Å²) in [6.45, 7) is 6.50. The van der Waals surface area contributed by atoms with E-state index in [0.29, 0.717) is 18.4 Å². The van der Waals surface area contributed by atoms with Crippen molar-refractivity contribution in [1.82, 2.24) is 14.9 Å². The summed E-state index contributed by atoms with van der Waals surface area (Å²) in [5.74, 6) is 1.96. The van der Waals surface area contributed by atoms with Crippen LogP contribution in [0, 0.1) is 5.92 Å². The van der Waals surface area contributed by atoms with Gasteiger partial charge in [0.2, 0.25) is 0 Å². The van der Waals surface area contributed by atoms with E-state index in [-0.39, 0.29) is 0 Å². The number of nitrogens with one attached hydrogen (secondary N) is 1. The minimum absolute atomic E-state index is 0.478. The van der Waals surface area contributed by atoms with Crippen LogP contribution in [0.3, 0.4) is 0 Å². The molecule has 1 aromatic carbocycles. The molecule has 0 amide bonds. The van der Waals surface area contributed by atoms with E-state index in [1.165, 1.54) is 5.56 Å². The van der Waals surface area contributed by atoms with Crippen LogP contribution in [-0.4, -0.2) is 22.1 Å². The predicted octanol–water partition coefficient (Wildman–Crippen LogP) is 2.19. The maximum Gasteiger partial charge on any atom is 0.189 e. The number of guanidine groups is 1. The van der Waals surface area contributed by atoms with Crippen LogP contribution in [0.2, 0.25) is 0 Å². The van der Waals surface area contributed by atoms with Gasteiger partial charge in [-0.2, -0.15) is 0 Å². The number of aromatic nitrogens is 2. The molecule has 118 valence electrons. The fraction of sp³-hybridized carbons (Fsp3) is 0.412. The number of hydrogen-bond acceptors (Lipinski definition) is 2. The van der Waals surface area contributed by atoms with Crippen molar-refractivity contribution in [2.45, 2.75) is 33.4 Å². The summed E-state index contributed by atoms with van der Waals surface area (Å²) in [6, 6.07) is 10.4. The molecule has 0 spiro atoms. The summed E-state index contributed by atoms with van der Waals surface area (Å²) >= 11 is 0. The maximum absolute atomic E-state index is 5.86. The molecule has 0 fully saturated rings. The van der Waals surface area contributed by atoms with Gasteiger partial charge in [-0.3, -0.25) is 0 Å². The number of nitrogens with two attached hydrogens (primary N) is 1. The minimum Gasteiger partial charge on any atom is -0.370 e. The first-order valence-electron chi connectivity index (χ1n) is 7.73. The highest BCUT2D eigenvalue weighted by molar-refractivity contribution is 5.77. The summed E-state index contributed by atoms with van der Waals surface area (Å²) in [4.78, 5) is 8.72. The minimum atomic E-state index is 0.478. The Morgan fingerprint density at radius 1 is 1.32 bits per heavy atom. The van der Waals surface area contributed by atoms with Crippen molar-refractivity contribution in [3.05, 3.63) is 54.1 Å². The summed E-state index contributed by atoms with van der Waals surface area (Å²) in [6.07, 6.45) is 4.79. The average Bonchev–Trinajstić information content (AvgIpc) is 2.97. The molecule has 2 aromatic rings. The number of hydrogen-bond donors (Lipinski definition) is 2. The van der Waals surface area contributed by atoms with Gasteiger partial charge < -0.3 is 15.6 Å². The third-order valence-electron chi connectivity index (χ3n) is 3.37. The van der Waals surface area contributed by atoms with E-state index < -0.39 is 0 Å². The molecule has 22 heavy (non-hydrogen) atoms. The van der Waals surface area contributed by atoms with Crippen LogP contribution in [0.4, 0.5) is 0 Å². The SMILES string of the molecule is CC(C)CNC(N)=NCc1nccn1CCc1ccccc1. The largest absolute Gasteiger partial charge is 0.370 e. The molecule has 0 aliphatic rings. The lowest BCUT2D eigenvalue weighted by molar-refractivity contribution is 0.619. The number of nitrogens with zero attached hydrogens (tertiary/aromatic N) is 3. The first kappa shape index (κ1) is 16.1. The summed E-state index contributed by atoms with van der Waals surface area (Å²) in [5.41, 5.74) is 7.18. The summed E-state index contributed by atoms with van der Waals surface area (Å²) < 4.78 is 2.13. The van der Waals surface area contributed by atoms with Gasteiger partial charge >= 0.3 is 0 Å². The Bertz CT molecular complexity index is 586. The molecule has 0 radical (unpaired) electrons. The van der Waals surface area contributed by atoms with Gasteiger partial charge in [-0.05, 0) is 17.9 Å². The van der Waals surface area contributed by atoms with Crippen molar-refractivity contribution in [3.63, 3.8) is 0 Å². The molecule has 5 nitrogen and oxygen atoms in total. The van der Waals surface area contributed by atoms with E-state index in [0.717, 1.165) is 25.3 Å². The molecule has 1 heterocycles. The molecule has 0 aliphatic heterocycles. The van der Waals surface area contributed by atoms with Crippen molar-refractivity contribution in [2.75, 3.05) is 6.54 Å². The van der Waals surface area contributed by atoms with Gasteiger partial charge in [-0.1, -0.05) is 44.2 Å². The second-order valence-electron chi connectivity index (χ2n) is 5.75. The van der Waals surface area contributed by atoms with Crippen LogP contribution in [0.1, 0.15) is 25.2 Å². The highest BCUT2D eigenvalue weighted by Crippen LogP contribution is 2.05. The van der Waals surface area contributed by atoms with Crippen LogP contribution in [0.25, 0.3) is 0 Å². The van der Waals surface area contributed by atoms with Crippen LogP contribution in [-0.2, 0) is 19.5 Å². The van der Waals surface area contributed by atoms with Crippen molar-refractivity contribution < 1.29 is 0 Å². The number of aryl methyl sites for hydroxylation is 2. The van der Waals surface area contributed by atoms with Crippen LogP contribution in [0.5, 0.6) is 0 Å². The van der Waals surface area contributed by atoms with E-state index in [4.69, 9.17) is 5.73 Å². The smallest absolute Gasteiger partial charge is 0.189 e. The van der Waals surface area contributed by atoms with E-state index >= 15 is 0 Å². The van der Waals surface area contributed by atoms with Gasteiger partial charge in [0.25, 0.3) is 0 Å². The molecule has 0 atom stereocenters. The molecule has 5 heteroatoms. The standard InChI is InChI=1S/C17H25N5/c1-14(2)12-20-17(18)21-13-16-19-9-11-22(16)10-8-15-6-4-3-5-7-15/h3-7,9,11,14H,8,10,12-13H2,1-2H3,(H3,18,20,21). The number of rotatable bonds is 7. The van der Waals surface area contributed by atoms with Gasteiger partial charge in [0.15, 0.2) is 5.96 Å². The highest BCUT2D eigenvalue weighted by atomic mass is 15.1. The second-order valence-corrected chi connectivity index (χ2v) is 5.75. The Kier molecular flexibility index (Phi) is 6.01. The van der Waals surface area contributed by atoms with Crippen LogP contribution >= 0.6 is 0 Å². The fourth-order valence-corrected chi connectivity index (χ4v) is 2.11. The fourth-order valence-electron chi connectivity index (χ4n) is 2.11. The molecule has 0 bridgehead atoms. The molecule has 2 rings (SSSR count). The molecule has 0 saturated carbocycles. The normalized spacial score (nSPS) is 11.9. The maximum atomic E-state index is 5.86. The molecule has 3 N–H and O–H groups in total. The summed E-state index contributed by atoms with van der Waals surface area (Å²) in [5, 5.41) is 3.11. The van der Waals surface area contributed by atoms with Crippen molar-refractivity contribution in [3.8, 4) is 0 Å². The Labute approximate surface area is 132 Å². The highest BCUT2D eigenvalue weighted by Gasteiger charge is 2.03. The number of benzene rings is 1. The quantitative estimate of drug-likeness (QED) is 0.608. The van der Waals surface area contributed by atoms with Crippen LogP contribution in [0.15, 0.2) is 47.7 Å². The molecular formula is C17H25N5. The zero-order chi connectivity index (χ0) is 15.8. The van der Waals surface area contributed by atoms with E-state index in [1.54, 1.807) is 0 Å². The third-order valence-corrected chi connectivity index (χ3v) is 3.37. The predicted molar refractivity (Wildman–Crippen MR) is 90.5 cm³/mol. The molecular weight excluding hydrogens is 274 g/mol. The monoisotopic (exact) mass is 299 g/mol. The molecule has 0 saturated heterocycles. The second kappa shape index (κ2) is 8.22. The van der Waals surface area contributed by atoms with Crippen molar-refractivity contribution in [2.24, 2.45) is 16.6 Å². The van der Waals surface area contributed by atoms with Gasteiger partial charge in [0, 0.05) is 25.5 Å². The van der Waals surface area contributed by atoms with Gasteiger partial charge in [-0.25, -0.2) is 9.98 Å². The molecule has 1 aromatic heterocycles. The van der Waals surface area contributed by atoms with E-state index in [1.807, 2.05) is 18.5 Å². The van der Waals surface area contributed by atoms with Crippen LogP contribution < -0.4 is 11.1 Å². The first-order chi connectivity index (χ1) is 10.6. The molecule has 0 aliphatic carbocycles. The Hall–Kier alpha value is -2.30. The average molecular weight is 299 g/mol. The first-order valence-corrected chi connectivity index (χ1v) is 7.73. The lowest BCUT2D eigenvalue weighted by Crippen LogP contribution is -2.34. The van der Waals surface area contributed by atoms with E-state index in [2.05, 4.69) is 58.0 Å². The third kappa shape index (κ3) is 5.24. The zero-order valence-electron chi connectivity index (χ0n) is 13.4. The number of imidazole rings is 1. The Morgan fingerprint density at radius 3 is 2.82 bits per heavy atom.